The molecule has 0 aliphatic carbocycles. The van der Waals surface area contributed by atoms with Crippen molar-refractivity contribution in [3.63, 3.8) is 0 Å². The number of hydrogen-bond acceptors (Lipinski definition) is 6. The topological polar surface area (TPSA) is 83.3 Å². The molecule has 1 aliphatic rings. The quantitative estimate of drug-likeness (QED) is 0.832. The minimum Gasteiger partial charge on any atom is -0.346 e. The highest BCUT2D eigenvalue weighted by Gasteiger charge is 2.22. The molecule has 1 fully saturated rings. The highest BCUT2D eigenvalue weighted by molar-refractivity contribution is 5.77. The van der Waals surface area contributed by atoms with Gasteiger partial charge in [-0.25, -0.2) is 0 Å². The lowest BCUT2D eigenvalue weighted by Crippen LogP contribution is -2.45. The summed E-state index contributed by atoms with van der Waals surface area (Å²) >= 11 is 0. The number of hydrogen-bond donors (Lipinski definition) is 2. The number of rotatable bonds is 5. The summed E-state index contributed by atoms with van der Waals surface area (Å²) in [6.45, 7) is 8.78. The number of carbonyl (C=O) groups excluding carboxylic acids is 1. The van der Waals surface area contributed by atoms with Crippen LogP contribution in [-0.4, -0.2) is 53.7 Å². The van der Waals surface area contributed by atoms with Crippen molar-refractivity contribution in [1.29, 1.82) is 0 Å². The molecule has 2 rings (SSSR count). The molecular formula is C15H27N5O2. The van der Waals surface area contributed by atoms with E-state index < -0.39 is 0 Å². The van der Waals surface area contributed by atoms with Crippen molar-refractivity contribution < 1.29 is 9.32 Å². The summed E-state index contributed by atoms with van der Waals surface area (Å²) in [4.78, 5) is 18.4. The maximum absolute atomic E-state index is 12.0. The Balaban J connectivity index is 1.76. The molecule has 1 amide bonds. The van der Waals surface area contributed by atoms with Gasteiger partial charge in [-0.1, -0.05) is 25.9 Å². The van der Waals surface area contributed by atoms with Gasteiger partial charge in [0.2, 0.25) is 11.8 Å². The van der Waals surface area contributed by atoms with Gasteiger partial charge in [-0.3, -0.25) is 9.69 Å². The second-order valence-electron chi connectivity index (χ2n) is 6.93. The van der Waals surface area contributed by atoms with E-state index in [0.717, 1.165) is 25.9 Å². The van der Waals surface area contributed by atoms with Crippen molar-refractivity contribution in [1.82, 2.24) is 25.7 Å². The molecule has 1 aromatic heterocycles. The van der Waals surface area contributed by atoms with Crippen LogP contribution in [0.25, 0.3) is 0 Å². The third kappa shape index (κ3) is 4.78. The van der Waals surface area contributed by atoms with E-state index in [0.29, 0.717) is 24.3 Å². The van der Waals surface area contributed by atoms with Crippen molar-refractivity contribution >= 4 is 5.91 Å². The molecule has 1 aliphatic heterocycles. The van der Waals surface area contributed by atoms with Gasteiger partial charge in [-0.15, -0.1) is 0 Å². The van der Waals surface area contributed by atoms with E-state index in [1.165, 1.54) is 0 Å². The molecule has 1 aromatic rings. The van der Waals surface area contributed by atoms with E-state index in [1.807, 2.05) is 27.8 Å². The Hall–Kier alpha value is -1.47. The molecule has 2 N–H and O–H groups in total. The third-order valence-electron chi connectivity index (χ3n) is 3.90. The van der Waals surface area contributed by atoms with Crippen LogP contribution in [0.3, 0.4) is 0 Å². The summed E-state index contributed by atoms with van der Waals surface area (Å²) in [5.41, 5.74) is -0.152. The van der Waals surface area contributed by atoms with Crippen LogP contribution in [0.5, 0.6) is 0 Å². The van der Waals surface area contributed by atoms with Crippen LogP contribution in [0.1, 0.15) is 45.3 Å². The summed E-state index contributed by atoms with van der Waals surface area (Å²) < 4.78 is 5.17. The van der Waals surface area contributed by atoms with Crippen molar-refractivity contribution in [2.24, 2.45) is 0 Å². The minimum atomic E-state index is -0.152. The van der Waals surface area contributed by atoms with Crippen LogP contribution >= 0.6 is 0 Å². The first-order valence-corrected chi connectivity index (χ1v) is 7.87. The first-order chi connectivity index (χ1) is 10.4. The van der Waals surface area contributed by atoms with Crippen LogP contribution in [0.4, 0.5) is 0 Å². The summed E-state index contributed by atoms with van der Waals surface area (Å²) in [5, 5.41) is 10.1. The Morgan fingerprint density at radius 3 is 2.68 bits per heavy atom. The molecule has 22 heavy (non-hydrogen) atoms. The first kappa shape index (κ1) is 16.9. The first-order valence-electron chi connectivity index (χ1n) is 7.87. The molecule has 0 bridgehead atoms. The molecule has 7 nitrogen and oxygen atoms in total. The molecule has 7 heteroatoms. The van der Waals surface area contributed by atoms with Gasteiger partial charge in [-0.05, 0) is 33.0 Å². The molecule has 2 heterocycles. The number of carbonyl (C=O) groups is 1. The number of nitrogens with one attached hydrogen (secondary N) is 2. The normalized spacial score (nSPS) is 17.0. The van der Waals surface area contributed by atoms with E-state index in [9.17, 15) is 4.79 Å². The summed E-state index contributed by atoms with van der Waals surface area (Å²) in [5.74, 6) is 1.09. The van der Waals surface area contributed by atoms with Crippen LogP contribution in [0.2, 0.25) is 0 Å². The van der Waals surface area contributed by atoms with Gasteiger partial charge in [0.05, 0.1) is 13.1 Å². The van der Waals surface area contributed by atoms with Crippen LogP contribution in [0.15, 0.2) is 4.52 Å². The SMILES string of the molecule is CN(CC(=O)NCc1nc(C(C)(C)C)no1)C1CCNCC1. The molecule has 0 atom stereocenters. The molecule has 0 spiro atoms. The average molecular weight is 309 g/mol. The second-order valence-corrected chi connectivity index (χ2v) is 6.93. The minimum absolute atomic E-state index is 0.0171. The standard InChI is InChI=1S/C15H27N5O2/c1-15(2,3)14-18-13(22-19-14)9-17-12(21)10-20(4)11-5-7-16-8-6-11/h11,16H,5-10H2,1-4H3,(H,17,21). The summed E-state index contributed by atoms with van der Waals surface area (Å²) in [6, 6.07) is 0.475. The maximum atomic E-state index is 12.0. The number of piperidine rings is 1. The maximum Gasteiger partial charge on any atom is 0.246 e. The van der Waals surface area contributed by atoms with Gasteiger partial charge >= 0.3 is 0 Å². The van der Waals surface area contributed by atoms with Gasteiger partial charge in [0, 0.05) is 11.5 Å². The molecule has 0 radical (unpaired) electrons. The highest BCUT2D eigenvalue weighted by atomic mass is 16.5. The lowest BCUT2D eigenvalue weighted by molar-refractivity contribution is -0.122. The summed E-state index contributed by atoms with van der Waals surface area (Å²) in [7, 11) is 2.00. The molecule has 0 unspecified atom stereocenters. The van der Waals surface area contributed by atoms with Gasteiger partial charge in [0.15, 0.2) is 5.82 Å². The Kier molecular flexibility index (Phi) is 5.52. The van der Waals surface area contributed by atoms with Crippen LogP contribution in [-0.2, 0) is 16.8 Å². The Morgan fingerprint density at radius 1 is 1.41 bits per heavy atom. The average Bonchev–Trinajstić information content (AvgIpc) is 2.95. The molecule has 0 aromatic carbocycles. The van der Waals surface area contributed by atoms with Crippen molar-refractivity contribution in [3.05, 3.63) is 11.7 Å². The zero-order chi connectivity index (χ0) is 16.2. The molecule has 124 valence electrons. The molecular weight excluding hydrogens is 282 g/mol. The van der Waals surface area contributed by atoms with Crippen molar-refractivity contribution in [3.8, 4) is 0 Å². The zero-order valence-corrected chi connectivity index (χ0v) is 14.0. The third-order valence-corrected chi connectivity index (χ3v) is 3.90. The smallest absolute Gasteiger partial charge is 0.246 e. The van der Waals surface area contributed by atoms with E-state index in [1.54, 1.807) is 0 Å². The fraction of sp³-hybridized carbons (Fsp3) is 0.800. The lowest BCUT2D eigenvalue weighted by atomic mass is 9.96. The predicted octanol–water partition coefficient (Wildman–Crippen LogP) is 0.667. The Labute approximate surface area is 131 Å². The van der Waals surface area contributed by atoms with E-state index in [2.05, 4.69) is 25.7 Å². The van der Waals surface area contributed by atoms with Crippen molar-refractivity contribution in [2.75, 3.05) is 26.7 Å². The fourth-order valence-electron chi connectivity index (χ4n) is 2.46. The zero-order valence-electron chi connectivity index (χ0n) is 14.0. The second kappa shape index (κ2) is 7.19. The molecule has 0 saturated carbocycles. The largest absolute Gasteiger partial charge is 0.346 e. The number of likely N-dealkylation sites (N-methyl/N-ethyl adjacent to an activating group) is 1. The van der Waals surface area contributed by atoms with Crippen LogP contribution in [0, 0.1) is 0 Å². The monoisotopic (exact) mass is 309 g/mol. The number of nitrogens with zero attached hydrogens (tertiary/aromatic N) is 3. The molecule has 1 saturated heterocycles. The van der Waals surface area contributed by atoms with Crippen molar-refractivity contribution in [2.45, 2.75) is 51.6 Å². The van der Waals surface area contributed by atoms with Gasteiger partial charge < -0.3 is 15.2 Å². The summed E-state index contributed by atoms with van der Waals surface area (Å²) in [6.07, 6.45) is 2.17. The van der Waals surface area contributed by atoms with E-state index in [4.69, 9.17) is 4.52 Å². The highest BCUT2D eigenvalue weighted by Crippen LogP contribution is 2.18. The van der Waals surface area contributed by atoms with Gasteiger partial charge in [0.1, 0.15) is 0 Å². The predicted molar refractivity (Wildman–Crippen MR) is 83.4 cm³/mol. The fourth-order valence-corrected chi connectivity index (χ4v) is 2.46. The lowest BCUT2D eigenvalue weighted by Gasteiger charge is -2.30. The Bertz CT molecular complexity index is 488. The number of amides is 1. The van der Waals surface area contributed by atoms with Gasteiger partial charge in [-0.2, -0.15) is 4.98 Å². The van der Waals surface area contributed by atoms with E-state index >= 15 is 0 Å². The number of aromatic nitrogens is 2. The Morgan fingerprint density at radius 2 is 2.09 bits per heavy atom. The van der Waals surface area contributed by atoms with E-state index in [-0.39, 0.29) is 17.9 Å². The van der Waals surface area contributed by atoms with Gasteiger partial charge in [0.25, 0.3) is 0 Å². The van der Waals surface area contributed by atoms with Crippen LogP contribution < -0.4 is 10.6 Å².